The minimum Gasteiger partial charge on any atom is -0.385 e. The second-order valence-electron chi connectivity index (χ2n) is 8.84. The van der Waals surface area contributed by atoms with Gasteiger partial charge in [0.2, 0.25) is 0 Å². The van der Waals surface area contributed by atoms with E-state index in [1.807, 2.05) is 0 Å². The van der Waals surface area contributed by atoms with E-state index >= 15 is 0 Å². The van der Waals surface area contributed by atoms with Crippen LogP contribution < -0.4 is 16.0 Å². The largest absolute Gasteiger partial charge is 0.385 e. The Morgan fingerprint density at radius 3 is 1.83 bits per heavy atom. The fraction of sp³-hybridized carbons (Fsp3) is 0.333. The summed E-state index contributed by atoms with van der Waals surface area (Å²) in [5, 5.41) is 11.4. The van der Waals surface area contributed by atoms with Crippen LogP contribution in [0.4, 0.5) is 5.69 Å². The van der Waals surface area contributed by atoms with Crippen LogP contribution in [0.5, 0.6) is 0 Å². The molecule has 6 rings (SSSR count). The Kier molecular flexibility index (Phi) is 4.59. The van der Waals surface area contributed by atoms with Crippen molar-refractivity contribution in [2.24, 2.45) is 0 Å². The average Bonchev–Trinajstić information content (AvgIpc) is 2.82. The highest BCUT2D eigenvalue weighted by Gasteiger charge is 2.30. The van der Waals surface area contributed by atoms with E-state index in [1.54, 1.807) is 0 Å². The van der Waals surface area contributed by atoms with Crippen LogP contribution >= 0.6 is 0 Å². The van der Waals surface area contributed by atoms with Gasteiger partial charge in [-0.05, 0) is 70.7 Å². The highest BCUT2D eigenvalue weighted by molar-refractivity contribution is 5.61. The van der Waals surface area contributed by atoms with Crippen LogP contribution in [0.2, 0.25) is 0 Å². The van der Waals surface area contributed by atoms with Crippen LogP contribution in [-0.4, -0.2) is 19.6 Å². The van der Waals surface area contributed by atoms with Gasteiger partial charge in [0.15, 0.2) is 0 Å². The number of benzene rings is 3. The van der Waals surface area contributed by atoms with Crippen molar-refractivity contribution in [1.82, 2.24) is 10.6 Å². The van der Waals surface area contributed by atoms with E-state index < -0.39 is 0 Å². The number of hydrogen-bond acceptors (Lipinski definition) is 3. The molecule has 0 saturated carbocycles. The Morgan fingerprint density at radius 2 is 1.17 bits per heavy atom. The normalized spacial score (nSPS) is 22.4. The summed E-state index contributed by atoms with van der Waals surface area (Å²) in [4.78, 5) is 0. The summed E-state index contributed by atoms with van der Waals surface area (Å²) in [5.41, 5.74) is 11.5. The number of rotatable bonds is 2. The fourth-order valence-electron chi connectivity index (χ4n) is 5.62. The van der Waals surface area contributed by atoms with Gasteiger partial charge >= 0.3 is 0 Å². The molecule has 3 aliphatic rings. The maximum absolute atomic E-state index is 3.85. The molecule has 3 N–H and O–H groups in total. The number of aryl methyl sites for hydroxylation is 1. The third kappa shape index (κ3) is 3.05. The molecule has 3 heterocycles. The van der Waals surface area contributed by atoms with Crippen molar-refractivity contribution in [3.8, 4) is 0 Å². The molecule has 2 atom stereocenters. The standard InChI is InChI=1S/C27H29N3/c1-3-9-21-18(6-1)11-14-29-26(21)23-16-20-8-5-13-28-25(20)17-24(23)27-22-10-4-2-7-19(22)12-15-30-27/h1-4,6-7,9-10,16-17,26-30H,5,8,11-15H2. The van der Waals surface area contributed by atoms with Crippen LogP contribution in [0.25, 0.3) is 0 Å². The number of hydrogen-bond donors (Lipinski definition) is 3. The summed E-state index contributed by atoms with van der Waals surface area (Å²) in [5.74, 6) is 0. The first-order valence-corrected chi connectivity index (χ1v) is 11.4. The predicted octanol–water partition coefficient (Wildman–Crippen LogP) is 4.51. The predicted molar refractivity (Wildman–Crippen MR) is 123 cm³/mol. The second kappa shape index (κ2) is 7.57. The molecule has 3 nitrogen and oxygen atoms in total. The van der Waals surface area contributed by atoms with Gasteiger partial charge in [0.25, 0.3) is 0 Å². The molecule has 0 radical (unpaired) electrons. The molecule has 3 aromatic rings. The lowest BCUT2D eigenvalue weighted by Gasteiger charge is -2.35. The van der Waals surface area contributed by atoms with E-state index in [2.05, 4.69) is 76.6 Å². The van der Waals surface area contributed by atoms with E-state index in [0.717, 1.165) is 32.5 Å². The fourth-order valence-corrected chi connectivity index (χ4v) is 5.62. The first kappa shape index (κ1) is 18.2. The van der Waals surface area contributed by atoms with Crippen LogP contribution in [0.1, 0.15) is 57.4 Å². The summed E-state index contributed by atoms with van der Waals surface area (Å²) in [6.45, 7) is 3.14. The molecule has 0 aromatic heterocycles. The van der Waals surface area contributed by atoms with Gasteiger partial charge in [0.05, 0.1) is 12.1 Å². The van der Waals surface area contributed by atoms with Crippen molar-refractivity contribution in [3.63, 3.8) is 0 Å². The SMILES string of the molecule is c1ccc2c(c1)CCNC2c1cc2c(cc1C1NCCc3ccccc31)NCCC2. The van der Waals surface area contributed by atoms with E-state index in [0.29, 0.717) is 0 Å². The van der Waals surface area contributed by atoms with Gasteiger partial charge in [0, 0.05) is 25.3 Å². The molecule has 2 unspecified atom stereocenters. The molecule has 0 bridgehead atoms. The summed E-state index contributed by atoms with van der Waals surface area (Å²) in [6, 6.07) is 23.4. The van der Waals surface area contributed by atoms with Crippen molar-refractivity contribution in [1.29, 1.82) is 0 Å². The van der Waals surface area contributed by atoms with Crippen LogP contribution in [0.3, 0.4) is 0 Å². The quantitative estimate of drug-likeness (QED) is 0.597. The molecule has 30 heavy (non-hydrogen) atoms. The van der Waals surface area contributed by atoms with Crippen LogP contribution in [0, 0.1) is 0 Å². The molecular formula is C27H29N3. The Bertz CT molecular complexity index is 1000. The summed E-state index contributed by atoms with van der Waals surface area (Å²) in [7, 11) is 0. The minimum atomic E-state index is 0.245. The maximum atomic E-state index is 3.85. The van der Waals surface area contributed by atoms with Crippen molar-refractivity contribution < 1.29 is 0 Å². The molecule has 152 valence electrons. The molecule has 0 saturated heterocycles. The lowest BCUT2D eigenvalue weighted by atomic mass is 9.81. The average molecular weight is 396 g/mol. The smallest absolute Gasteiger partial charge is 0.0583 e. The molecule has 0 amide bonds. The van der Waals surface area contributed by atoms with Crippen LogP contribution in [0.15, 0.2) is 60.7 Å². The number of fused-ring (bicyclic) bond motifs is 3. The summed E-state index contributed by atoms with van der Waals surface area (Å²) < 4.78 is 0. The molecule has 0 fully saturated rings. The molecule has 0 aliphatic carbocycles. The number of nitrogens with one attached hydrogen (secondary N) is 3. The molecule has 3 aliphatic heterocycles. The van der Waals surface area contributed by atoms with E-state index in [9.17, 15) is 0 Å². The van der Waals surface area contributed by atoms with Gasteiger partial charge in [-0.2, -0.15) is 0 Å². The first-order valence-electron chi connectivity index (χ1n) is 11.4. The van der Waals surface area contributed by atoms with Crippen molar-refractivity contribution in [2.45, 2.75) is 37.8 Å². The lowest BCUT2D eigenvalue weighted by molar-refractivity contribution is 0.534. The van der Waals surface area contributed by atoms with Gasteiger partial charge in [0.1, 0.15) is 0 Å². The summed E-state index contributed by atoms with van der Waals surface area (Å²) >= 11 is 0. The van der Waals surface area contributed by atoms with E-state index in [-0.39, 0.29) is 12.1 Å². The van der Waals surface area contributed by atoms with Gasteiger partial charge in [-0.1, -0.05) is 54.6 Å². The van der Waals surface area contributed by atoms with E-state index in [4.69, 9.17) is 0 Å². The first-order chi connectivity index (χ1) is 14.9. The van der Waals surface area contributed by atoms with Gasteiger partial charge in [-0.25, -0.2) is 0 Å². The maximum Gasteiger partial charge on any atom is 0.0583 e. The summed E-state index contributed by atoms with van der Waals surface area (Å²) in [6.07, 6.45) is 4.60. The molecule has 0 spiro atoms. The minimum absolute atomic E-state index is 0.245. The van der Waals surface area contributed by atoms with E-state index in [1.165, 1.54) is 57.5 Å². The molecule has 3 aromatic carbocycles. The van der Waals surface area contributed by atoms with Gasteiger partial charge in [-0.3, -0.25) is 0 Å². The molecular weight excluding hydrogens is 366 g/mol. The topological polar surface area (TPSA) is 36.1 Å². The highest BCUT2D eigenvalue weighted by atomic mass is 15.0. The molecule has 3 heteroatoms. The van der Waals surface area contributed by atoms with Crippen molar-refractivity contribution >= 4 is 5.69 Å². The van der Waals surface area contributed by atoms with Gasteiger partial charge in [-0.15, -0.1) is 0 Å². The third-order valence-corrected chi connectivity index (χ3v) is 7.09. The highest BCUT2D eigenvalue weighted by Crippen LogP contribution is 2.40. The van der Waals surface area contributed by atoms with Gasteiger partial charge < -0.3 is 16.0 Å². The Balaban J connectivity index is 1.54. The van der Waals surface area contributed by atoms with Crippen molar-refractivity contribution in [3.05, 3.63) is 99.6 Å². The monoisotopic (exact) mass is 395 g/mol. The zero-order valence-corrected chi connectivity index (χ0v) is 17.4. The second-order valence-corrected chi connectivity index (χ2v) is 8.84. The Hall–Kier alpha value is -2.62. The Labute approximate surface area is 178 Å². The third-order valence-electron chi connectivity index (χ3n) is 7.09. The Morgan fingerprint density at radius 1 is 0.567 bits per heavy atom. The lowest BCUT2D eigenvalue weighted by Crippen LogP contribution is -2.35. The zero-order valence-electron chi connectivity index (χ0n) is 17.4. The van der Waals surface area contributed by atoms with Crippen molar-refractivity contribution in [2.75, 3.05) is 25.0 Å². The number of anilines is 1. The zero-order chi connectivity index (χ0) is 19.9. The van der Waals surface area contributed by atoms with Crippen LogP contribution in [-0.2, 0) is 19.3 Å².